The Morgan fingerprint density at radius 1 is 1.08 bits per heavy atom. The van der Waals surface area contributed by atoms with Crippen LogP contribution in [0.4, 0.5) is 4.39 Å². The van der Waals surface area contributed by atoms with E-state index in [1.807, 2.05) is 6.07 Å². The van der Waals surface area contributed by atoms with Crippen molar-refractivity contribution in [1.29, 1.82) is 0 Å². The molecule has 1 saturated heterocycles. The lowest BCUT2D eigenvalue weighted by molar-refractivity contribution is 0.210. The maximum atomic E-state index is 13.0. The van der Waals surface area contributed by atoms with Crippen LogP contribution >= 0.6 is 0 Å². The molecular formula is C20H20FN3O. The lowest BCUT2D eigenvalue weighted by Crippen LogP contribution is -2.30. The van der Waals surface area contributed by atoms with Crippen LogP contribution in [-0.4, -0.2) is 27.6 Å². The maximum absolute atomic E-state index is 13.0. The van der Waals surface area contributed by atoms with Crippen LogP contribution in [0.25, 0.3) is 11.4 Å². The molecule has 0 saturated carbocycles. The molecule has 1 aliphatic heterocycles. The standard InChI is InChI=1S/C20H20FN3O/c21-17-10-8-16(9-11-17)20-22-19(25-23-20)14-24-12-4-7-18(24)13-15-5-2-1-3-6-15/h1-3,5-6,8-11,18H,4,7,12-14H2. The average Bonchev–Trinajstić information content (AvgIpc) is 3.27. The van der Waals surface area contributed by atoms with Crippen molar-refractivity contribution in [3.8, 4) is 11.4 Å². The van der Waals surface area contributed by atoms with Gasteiger partial charge in [-0.1, -0.05) is 35.5 Å². The highest BCUT2D eigenvalue weighted by Crippen LogP contribution is 2.24. The second-order valence-corrected chi connectivity index (χ2v) is 6.47. The molecule has 3 aromatic rings. The summed E-state index contributed by atoms with van der Waals surface area (Å²) < 4.78 is 18.4. The first-order valence-corrected chi connectivity index (χ1v) is 8.64. The fraction of sp³-hybridized carbons (Fsp3) is 0.300. The molecule has 2 aromatic carbocycles. The zero-order valence-electron chi connectivity index (χ0n) is 13.9. The van der Waals surface area contributed by atoms with E-state index in [1.165, 1.54) is 30.5 Å². The Kier molecular flexibility index (Phi) is 4.57. The molecule has 1 aliphatic rings. The molecule has 25 heavy (non-hydrogen) atoms. The van der Waals surface area contributed by atoms with Gasteiger partial charge in [0.05, 0.1) is 6.54 Å². The first-order valence-electron chi connectivity index (χ1n) is 8.64. The number of aromatic nitrogens is 2. The van der Waals surface area contributed by atoms with Crippen molar-refractivity contribution in [2.45, 2.75) is 31.8 Å². The molecule has 0 aliphatic carbocycles. The third-order valence-electron chi connectivity index (χ3n) is 4.72. The predicted octanol–water partition coefficient (Wildman–Crippen LogP) is 4.08. The highest BCUT2D eigenvalue weighted by Gasteiger charge is 2.26. The number of nitrogens with zero attached hydrogens (tertiary/aromatic N) is 3. The van der Waals surface area contributed by atoms with E-state index in [4.69, 9.17) is 4.52 Å². The van der Waals surface area contributed by atoms with Gasteiger partial charge in [-0.15, -0.1) is 0 Å². The van der Waals surface area contributed by atoms with Gasteiger partial charge in [-0.2, -0.15) is 4.98 Å². The molecule has 1 aromatic heterocycles. The van der Waals surface area contributed by atoms with Crippen LogP contribution in [0.1, 0.15) is 24.3 Å². The molecule has 1 fully saturated rings. The fourth-order valence-electron chi connectivity index (χ4n) is 3.43. The number of hydrogen-bond acceptors (Lipinski definition) is 4. The Hall–Kier alpha value is -2.53. The summed E-state index contributed by atoms with van der Waals surface area (Å²) in [6.45, 7) is 1.71. The summed E-state index contributed by atoms with van der Waals surface area (Å²) in [4.78, 5) is 6.88. The van der Waals surface area contributed by atoms with Gasteiger partial charge in [-0.3, -0.25) is 4.90 Å². The van der Waals surface area contributed by atoms with Gasteiger partial charge < -0.3 is 4.52 Å². The van der Waals surface area contributed by atoms with E-state index in [2.05, 4.69) is 39.3 Å². The van der Waals surface area contributed by atoms with E-state index in [0.29, 0.717) is 24.3 Å². The molecule has 0 N–H and O–H groups in total. The van der Waals surface area contributed by atoms with Gasteiger partial charge in [0.2, 0.25) is 11.7 Å². The molecule has 4 nitrogen and oxygen atoms in total. The smallest absolute Gasteiger partial charge is 0.241 e. The number of benzene rings is 2. The minimum Gasteiger partial charge on any atom is -0.338 e. The van der Waals surface area contributed by atoms with Crippen LogP contribution in [0.2, 0.25) is 0 Å². The van der Waals surface area contributed by atoms with Crippen LogP contribution in [0.5, 0.6) is 0 Å². The maximum Gasteiger partial charge on any atom is 0.241 e. The van der Waals surface area contributed by atoms with Crippen LogP contribution in [-0.2, 0) is 13.0 Å². The van der Waals surface area contributed by atoms with Gasteiger partial charge in [0.1, 0.15) is 5.82 Å². The summed E-state index contributed by atoms with van der Waals surface area (Å²) in [7, 11) is 0. The van der Waals surface area contributed by atoms with Crippen molar-refractivity contribution in [1.82, 2.24) is 15.0 Å². The summed E-state index contributed by atoms with van der Waals surface area (Å²) in [6.07, 6.45) is 3.42. The van der Waals surface area contributed by atoms with Crippen molar-refractivity contribution in [2.75, 3.05) is 6.54 Å². The van der Waals surface area contributed by atoms with Crippen molar-refractivity contribution >= 4 is 0 Å². The molecule has 2 heterocycles. The molecule has 0 spiro atoms. The lowest BCUT2D eigenvalue weighted by Gasteiger charge is -2.22. The fourth-order valence-corrected chi connectivity index (χ4v) is 3.43. The molecule has 4 rings (SSSR count). The zero-order chi connectivity index (χ0) is 17.1. The minimum absolute atomic E-state index is 0.270. The van der Waals surface area contributed by atoms with Crippen molar-refractivity contribution in [2.24, 2.45) is 0 Å². The van der Waals surface area contributed by atoms with Gasteiger partial charge in [-0.25, -0.2) is 4.39 Å². The van der Waals surface area contributed by atoms with Gasteiger partial charge in [0.15, 0.2) is 0 Å². The average molecular weight is 337 g/mol. The third-order valence-corrected chi connectivity index (χ3v) is 4.72. The van der Waals surface area contributed by atoms with Gasteiger partial charge in [-0.05, 0) is 55.6 Å². The Morgan fingerprint density at radius 3 is 2.68 bits per heavy atom. The second kappa shape index (κ2) is 7.15. The van der Waals surface area contributed by atoms with E-state index < -0.39 is 0 Å². The van der Waals surface area contributed by atoms with Gasteiger partial charge >= 0.3 is 0 Å². The summed E-state index contributed by atoms with van der Waals surface area (Å²) >= 11 is 0. The normalized spacial score (nSPS) is 17.9. The Morgan fingerprint density at radius 2 is 1.88 bits per heavy atom. The van der Waals surface area contributed by atoms with E-state index in [0.717, 1.165) is 18.5 Å². The Labute approximate surface area is 146 Å². The van der Waals surface area contributed by atoms with E-state index in [1.54, 1.807) is 12.1 Å². The van der Waals surface area contributed by atoms with Gasteiger partial charge in [0.25, 0.3) is 0 Å². The van der Waals surface area contributed by atoms with Crippen molar-refractivity contribution < 1.29 is 8.91 Å². The molecule has 0 radical (unpaired) electrons. The molecule has 0 bridgehead atoms. The predicted molar refractivity (Wildman–Crippen MR) is 93.3 cm³/mol. The van der Waals surface area contributed by atoms with Crippen LogP contribution in [0.3, 0.4) is 0 Å². The minimum atomic E-state index is -0.270. The number of hydrogen-bond donors (Lipinski definition) is 0. The second-order valence-electron chi connectivity index (χ2n) is 6.47. The number of rotatable bonds is 5. The van der Waals surface area contributed by atoms with E-state index in [-0.39, 0.29) is 5.82 Å². The van der Waals surface area contributed by atoms with Crippen LogP contribution in [0, 0.1) is 5.82 Å². The third kappa shape index (κ3) is 3.77. The van der Waals surface area contributed by atoms with Crippen LogP contribution in [0.15, 0.2) is 59.1 Å². The summed E-state index contributed by atoms with van der Waals surface area (Å²) in [5, 5.41) is 4.03. The van der Waals surface area contributed by atoms with E-state index >= 15 is 0 Å². The van der Waals surface area contributed by atoms with Crippen molar-refractivity contribution in [3.63, 3.8) is 0 Å². The molecule has 128 valence electrons. The Balaban J connectivity index is 1.43. The molecule has 5 heteroatoms. The quantitative estimate of drug-likeness (QED) is 0.703. The topological polar surface area (TPSA) is 42.2 Å². The summed E-state index contributed by atoms with van der Waals surface area (Å²) in [5.41, 5.74) is 2.12. The molecule has 1 atom stereocenters. The Bertz CT molecular complexity index is 816. The first-order chi connectivity index (χ1) is 12.3. The monoisotopic (exact) mass is 337 g/mol. The largest absolute Gasteiger partial charge is 0.338 e. The van der Waals surface area contributed by atoms with Crippen LogP contribution < -0.4 is 0 Å². The van der Waals surface area contributed by atoms with E-state index in [9.17, 15) is 4.39 Å². The summed E-state index contributed by atoms with van der Waals surface area (Å²) in [5.74, 6) is 0.849. The highest BCUT2D eigenvalue weighted by molar-refractivity contribution is 5.53. The highest BCUT2D eigenvalue weighted by atomic mass is 19.1. The van der Waals surface area contributed by atoms with Gasteiger partial charge in [0, 0.05) is 11.6 Å². The summed E-state index contributed by atoms with van der Waals surface area (Å²) in [6, 6.07) is 17.2. The molecular weight excluding hydrogens is 317 g/mol. The SMILES string of the molecule is Fc1ccc(-c2noc(CN3CCCC3Cc3ccccc3)n2)cc1. The van der Waals surface area contributed by atoms with Crippen molar-refractivity contribution in [3.05, 3.63) is 71.9 Å². The lowest BCUT2D eigenvalue weighted by atomic mass is 10.0. The first kappa shape index (κ1) is 16.0. The number of likely N-dealkylation sites (tertiary alicyclic amines) is 1. The number of halogens is 1. The molecule has 0 amide bonds. The zero-order valence-corrected chi connectivity index (χ0v) is 13.9. The molecule has 1 unspecified atom stereocenters.